The van der Waals surface area contributed by atoms with Crippen LogP contribution in [0.5, 0.6) is 0 Å². The third-order valence-corrected chi connectivity index (χ3v) is 5.38. The number of halogens is 1. The Morgan fingerprint density at radius 1 is 1.47 bits per heavy atom. The molecule has 0 fully saturated rings. The lowest BCUT2D eigenvalue weighted by Gasteiger charge is -2.22. The monoisotopic (exact) mass is 304 g/mol. The third kappa shape index (κ3) is 3.91. The number of hydrogen-bond donors (Lipinski definition) is 1. The Morgan fingerprint density at radius 3 is 2.53 bits per heavy atom. The van der Waals surface area contributed by atoms with Gasteiger partial charge < -0.3 is 5.32 Å². The first-order valence-electron chi connectivity index (χ1n) is 5.64. The summed E-state index contributed by atoms with van der Waals surface area (Å²) in [5.74, 6) is -0.436. The van der Waals surface area contributed by atoms with Gasteiger partial charge in [0.2, 0.25) is 0 Å². The van der Waals surface area contributed by atoms with Crippen LogP contribution in [0.15, 0.2) is 12.3 Å². The predicted molar refractivity (Wildman–Crippen MR) is 75.2 cm³/mol. The summed E-state index contributed by atoms with van der Waals surface area (Å²) in [6.45, 7) is 4.88. The summed E-state index contributed by atoms with van der Waals surface area (Å²) in [5, 5.41) is 2.86. The van der Waals surface area contributed by atoms with Crippen LogP contribution in [-0.2, 0) is 9.84 Å². The van der Waals surface area contributed by atoms with Gasteiger partial charge in [-0.1, -0.05) is 11.6 Å². The highest BCUT2D eigenvalue weighted by atomic mass is 35.5. The van der Waals surface area contributed by atoms with Gasteiger partial charge in [-0.3, -0.25) is 9.78 Å². The van der Waals surface area contributed by atoms with Gasteiger partial charge >= 0.3 is 0 Å². The van der Waals surface area contributed by atoms with Crippen LogP contribution in [0.25, 0.3) is 0 Å². The zero-order valence-electron chi connectivity index (χ0n) is 11.3. The third-order valence-electron chi connectivity index (χ3n) is 2.91. The van der Waals surface area contributed by atoms with Crippen LogP contribution < -0.4 is 5.32 Å². The second-order valence-electron chi connectivity index (χ2n) is 5.02. The van der Waals surface area contributed by atoms with Gasteiger partial charge in [-0.25, -0.2) is 8.42 Å². The molecular weight excluding hydrogens is 288 g/mol. The Kier molecular flexibility index (Phi) is 4.58. The van der Waals surface area contributed by atoms with Gasteiger partial charge in [0.05, 0.1) is 15.3 Å². The average molecular weight is 305 g/mol. The van der Waals surface area contributed by atoms with Crippen LogP contribution in [0.2, 0.25) is 5.02 Å². The lowest BCUT2D eigenvalue weighted by atomic mass is 10.2. The zero-order valence-corrected chi connectivity index (χ0v) is 12.9. The number of nitrogens with zero attached hydrogens (tertiary/aromatic N) is 1. The highest BCUT2D eigenvalue weighted by Crippen LogP contribution is 2.17. The van der Waals surface area contributed by atoms with Crippen LogP contribution in [0.3, 0.4) is 0 Å². The standard InChI is InChI=1S/C12H17ClN2O3S/c1-8-5-10(13)9(6-14-8)11(16)15-7-12(2,3)19(4,17)18/h5-6H,7H2,1-4H3,(H,15,16). The van der Waals surface area contributed by atoms with Crippen LogP contribution >= 0.6 is 11.6 Å². The number of nitrogens with one attached hydrogen (secondary N) is 1. The molecule has 0 saturated heterocycles. The minimum Gasteiger partial charge on any atom is -0.350 e. The summed E-state index contributed by atoms with van der Waals surface area (Å²) in [6, 6.07) is 1.58. The van der Waals surface area contributed by atoms with E-state index in [-0.39, 0.29) is 12.1 Å². The van der Waals surface area contributed by atoms with E-state index in [1.54, 1.807) is 26.8 Å². The number of pyridine rings is 1. The van der Waals surface area contributed by atoms with Gasteiger partial charge in [0.15, 0.2) is 9.84 Å². The molecule has 0 aromatic carbocycles. The number of aryl methyl sites for hydroxylation is 1. The molecule has 0 aliphatic heterocycles. The smallest absolute Gasteiger partial charge is 0.254 e. The molecule has 0 spiro atoms. The van der Waals surface area contributed by atoms with Gasteiger partial charge in [-0.15, -0.1) is 0 Å². The quantitative estimate of drug-likeness (QED) is 0.916. The summed E-state index contributed by atoms with van der Waals surface area (Å²) in [6.07, 6.45) is 2.51. The highest BCUT2D eigenvalue weighted by molar-refractivity contribution is 7.92. The fourth-order valence-corrected chi connectivity index (χ4v) is 1.84. The van der Waals surface area contributed by atoms with E-state index >= 15 is 0 Å². The fraction of sp³-hybridized carbons (Fsp3) is 0.500. The van der Waals surface area contributed by atoms with E-state index in [0.717, 1.165) is 6.26 Å². The van der Waals surface area contributed by atoms with E-state index in [2.05, 4.69) is 10.3 Å². The van der Waals surface area contributed by atoms with Crippen LogP contribution in [-0.4, -0.2) is 36.9 Å². The summed E-state index contributed by atoms with van der Waals surface area (Å²) in [4.78, 5) is 15.9. The Balaban J connectivity index is 2.82. The minimum atomic E-state index is -3.26. The minimum absolute atomic E-state index is 0.00880. The summed E-state index contributed by atoms with van der Waals surface area (Å²) in [7, 11) is -3.26. The molecule has 1 aromatic rings. The maximum absolute atomic E-state index is 11.9. The molecule has 1 aromatic heterocycles. The normalized spacial score (nSPS) is 12.3. The zero-order chi connectivity index (χ0) is 14.8. The lowest BCUT2D eigenvalue weighted by Crippen LogP contribution is -2.43. The van der Waals surface area contributed by atoms with Crippen molar-refractivity contribution in [2.24, 2.45) is 0 Å². The molecule has 1 heterocycles. The second-order valence-corrected chi connectivity index (χ2v) is 8.08. The fourth-order valence-electron chi connectivity index (χ4n) is 1.21. The molecule has 0 aliphatic rings. The van der Waals surface area contributed by atoms with Crippen molar-refractivity contribution in [3.8, 4) is 0 Å². The lowest BCUT2D eigenvalue weighted by molar-refractivity contribution is 0.0950. The topological polar surface area (TPSA) is 76.1 Å². The number of sulfone groups is 1. The van der Waals surface area contributed by atoms with Gasteiger partial charge in [0, 0.05) is 24.7 Å². The van der Waals surface area contributed by atoms with Crippen molar-refractivity contribution >= 4 is 27.3 Å². The molecule has 0 bridgehead atoms. The first-order valence-corrected chi connectivity index (χ1v) is 7.91. The average Bonchev–Trinajstić information content (AvgIpc) is 2.24. The van der Waals surface area contributed by atoms with Crippen molar-refractivity contribution in [2.45, 2.75) is 25.5 Å². The van der Waals surface area contributed by atoms with Gasteiger partial charge in [0.25, 0.3) is 5.91 Å². The molecule has 0 radical (unpaired) electrons. The molecule has 7 heteroatoms. The Bertz CT molecular complexity index is 597. The highest BCUT2D eigenvalue weighted by Gasteiger charge is 2.30. The molecule has 0 atom stereocenters. The number of carbonyl (C=O) groups excluding carboxylic acids is 1. The van der Waals surface area contributed by atoms with E-state index in [1.165, 1.54) is 6.20 Å². The Labute approximate surface area is 118 Å². The molecule has 0 saturated carbocycles. The molecule has 1 N–H and O–H groups in total. The molecule has 106 valence electrons. The van der Waals surface area contributed by atoms with Crippen molar-refractivity contribution in [3.63, 3.8) is 0 Å². The van der Waals surface area contributed by atoms with Gasteiger partial charge in [-0.2, -0.15) is 0 Å². The molecule has 19 heavy (non-hydrogen) atoms. The number of hydrogen-bond acceptors (Lipinski definition) is 4. The first-order chi connectivity index (χ1) is 8.54. The van der Waals surface area contributed by atoms with Crippen molar-refractivity contribution < 1.29 is 13.2 Å². The summed E-state index contributed by atoms with van der Waals surface area (Å²) < 4.78 is 22.0. The van der Waals surface area contributed by atoms with E-state index in [9.17, 15) is 13.2 Å². The number of aromatic nitrogens is 1. The molecule has 1 amide bonds. The van der Waals surface area contributed by atoms with Crippen molar-refractivity contribution in [1.82, 2.24) is 10.3 Å². The van der Waals surface area contributed by atoms with Crippen molar-refractivity contribution in [1.29, 1.82) is 0 Å². The summed E-state index contributed by atoms with van der Waals surface area (Å²) >= 11 is 5.95. The van der Waals surface area contributed by atoms with Crippen molar-refractivity contribution in [3.05, 3.63) is 28.5 Å². The van der Waals surface area contributed by atoms with Crippen molar-refractivity contribution in [2.75, 3.05) is 12.8 Å². The predicted octanol–water partition coefficient (Wildman–Crippen LogP) is 1.60. The number of carbonyl (C=O) groups is 1. The largest absolute Gasteiger partial charge is 0.350 e. The molecule has 0 unspecified atom stereocenters. The first kappa shape index (κ1) is 15.9. The van der Waals surface area contributed by atoms with E-state index < -0.39 is 20.5 Å². The van der Waals surface area contributed by atoms with Crippen LogP contribution in [0, 0.1) is 6.92 Å². The second kappa shape index (κ2) is 5.46. The maximum atomic E-state index is 11.9. The molecular formula is C12H17ClN2O3S. The number of rotatable bonds is 4. The van der Waals surface area contributed by atoms with Crippen LogP contribution in [0.1, 0.15) is 29.9 Å². The van der Waals surface area contributed by atoms with Gasteiger partial charge in [-0.05, 0) is 26.8 Å². The van der Waals surface area contributed by atoms with E-state index in [4.69, 9.17) is 11.6 Å². The van der Waals surface area contributed by atoms with Gasteiger partial charge in [0.1, 0.15) is 0 Å². The van der Waals surface area contributed by atoms with E-state index in [0.29, 0.717) is 10.7 Å². The molecule has 1 rings (SSSR count). The Morgan fingerprint density at radius 2 is 2.05 bits per heavy atom. The maximum Gasteiger partial charge on any atom is 0.254 e. The molecule has 0 aliphatic carbocycles. The van der Waals surface area contributed by atoms with Crippen LogP contribution in [0.4, 0.5) is 0 Å². The SMILES string of the molecule is Cc1cc(Cl)c(C(=O)NCC(C)(C)S(C)(=O)=O)cn1. The Hall–Kier alpha value is -1.14. The molecule has 5 nitrogen and oxygen atoms in total. The summed E-state index contributed by atoms with van der Waals surface area (Å²) in [5.41, 5.74) is 0.939. The van der Waals surface area contributed by atoms with E-state index in [1.807, 2.05) is 0 Å². The number of amides is 1.